The van der Waals surface area contributed by atoms with E-state index in [4.69, 9.17) is 15.2 Å². The van der Waals surface area contributed by atoms with Crippen molar-refractivity contribution in [2.24, 2.45) is 11.1 Å². The summed E-state index contributed by atoms with van der Waals surface area (Å²) >= 11 is 0. The monoisotopic (exact) mass is 363 g/mol. The molecule has 1 aliphatic rings. The van der Waals surface area contributed by atoms with Crippen LogP contribution in [0.2, 0.25) is 0 Å². The minimum absolute atomic E-state index is 0.133. The SMILES string of the molecule is CCC(CC)(CN)C(=O)NC1CCN(c2cc(OC)cc(OC)c2)C1=O. The topological polar surface area (TPSA) is 93.9 Å². The first kappa shape index (κ1) is 20.0. The first-order chi connectivity index (χ1) is 12.4. The molecule has 1 heterocycles. The summed E-state index contributed by atoms with van der Waals surface area (Å²) in [7, 11) is 3.13. The number of ether oxygens (including phenoxy) is 2. The fraction of sp³-hybridized carbons (Fsp3) is 0.579. The molecule has 0 radical (unpaired) electrons. The van der Waals surface area contributed by atoms with Gasteiger partial charge in [-0.3, -0.25) is 9.59 Å². The van der Waals surface area contributed by atoms with E-state index in [1.807, 2.05) is 13.8 Å². The number of rotatable bonds is 8. The third kappa shape index (κ3) is 3.77. The number of nitrogens with one attached hydrogen (secondary N) is 1. The van der Waals surface area contributed by atoms with Crippen LogP contribution in [0.1, 0.15) is 33.1 Å². The lowest BCUT2D eigenvalue weighted by Gasteiger charge is -2.29. The number of hydrogen-bond donors (Lipinski definition) is 2. The summed E-state index contributed by atoms with van der Waals surface area (Å²) in [5.41, 5.74) is 5.91. The van der Waals surface area contributed by atoms with E-state index in [9.17, 15) is 9.59 Å². The van der Waals surface area contributed by atoms with Crippen molar-refractivity contribution in [2.75, 3.05) is 32.2 Å². The molecule has 7 heteroatoms. The summed E-state index contributed by atoms with van der Waals surface area (Å²) in [5.74, 6) is 0.942. The standard InChI is InChI=1S/C19H29N3O4/c1-5-19(6-2,12-20)18(24)21-16-7-8-22(17(16)23)13-9-14(25-3)11-15(10-13)26-4/h9-11,16H,5-8,12,20H2,1-4H3,(H,21,24). The van der Waals surface area contributed by atoms with Gasteiger partial charge < -0.3 is 25.4 Å². The van der Waals surface area contributed by atoms with Crippen molar-refractivity contribution in [3.05, 3.63) is 18.2 Å². The molecule has 1 unspecified atom stereocenters. The van der Waals surface area contributed by atoms with Gasteiger partial charge in [0.25, 0.3) is 0 Å². The molecular formula is C19H29N3O4. The maximum Gasteiger partial charge on any atom is 0.249 e. The largest absolute Gasteiger partial charge is 0.497 e. The lowest BCUT2D eigenvalue weighted by Crippen LogP contribution is -2.51. The number of amides is 2. The summed E-state index contributed by atoms with van der Waals surface area (Å²) in [6.07, 6.45) is 1.84. The zero-order valence-electron chi connectivity index (χ0n) is 16.0. The van der Waals surface area contributed by atoms with Crippen molar-refractivity contribution >= 4 is 17.5 Å². The molecule has 3 N–H and O–H groups in total. The van der Waals surface area contributed by atoms with E-state index < -0.39 is 11.5 Å². The van der Waals surface area contributed by atoms with Crippen molar-refractivity contribution in [1.29, 1.82) is 0 Å². The third-order valence-corrected chi connectivity index (χ3v) is 5.38. The lowest BCUT2D eigenvalue weighted by atomic mass is 9.81. The Balaban J connectivity index is 2.16. The normalized spacial score (nSPS) is 17.3. The molecule has 144 valence electrons. The molecule has 1 atom stereocenters. The Morgan fingerprint density at radius 2 is 1.81 bits per heavy atom. The molecule has 2 amide bonds. The number of anilines is 1. The van der Waals surface area contributed by atoms with Gasteiger partial charge in [-0.05, 0) is 19.3 Å². The molecule has 1 fully saturated rings. The highest BCUT2D eigenvalue weighted by Gasteiger charge is 2.39. The number of carbonyl (C=O) groups is 2. The molecule has 1 saturated heterocycles. The average molecular weight is 363 g/mol. The minimum atomic E-state index is -0.618. The van der Waals surface area contributed by atoms with Gasteiger partial charge in [0.2, 0.25) is 11.8 Å². The van der Waals surface area contributed by atoms with Gasteiger partial charge in [-0.1, -0.05) is 13.8 Å². The smallest absolute Gasteiger partial charge is 0.249 e. The molecular weight excluding hydrogens is 334 g/mol. The van der Waals surface area contributed by atoms with E-state index >= 15 is 0 Å². The van der Waals surface area contributed by atoms with Gasteiger partial charge in [0.15, 0.2) is 0 Å². The summed E-state index contributed by atoms with van der Waals surface area (Å²) in [4.78, 5) is 27.2. The van der Waals surface area contributed by atoms with Gasteiger partial charge >= 0.3 is 0 Å². The van der Waals surface area contributed by atoms with E-state index in [0.29, 0.717) is 43.0 Å². The molecule has 0 saturated carbocycles. The van der Waals surface area contributed by atoms with Crippen LogP contribution < -0.4 is 25.4 Å². The van der Waals surface area contributed by atoms with Crippen molar-refractivity contribution in [1.82, 2.24) is 5.32 Å². The van der Waals surface area contributed by atoms with Gasteiger partial charge in [0.05, 0.1) is 25.3 Å². The Morgan fingerprint density at radius 1 is 1.23 bits per heavy atom. The van der Waals surface area contributed by atoms with Gasteiger partial charge in [-0.25, -0.2) is 0 Å². The molecule has 1 aromatic rings. The first-order valence-electron chi connectivity index (χ1n) is 9.00. The fourth-order valence-electron chi connectivity index (χ4n) is 3.28. The number of nitrogens with zero attached hydrogens (tertiary/aromatic N) is 1. The van der Waals surface area contributed by atoms with Crippen LogP contribution in [-0.2, 0) is 9.59 Å². The molecule has 26 heavy (non-hydrogen) atoms. The Bertz CT molecular complexity index is 628. The Kier molecular flexibility index (Phi) is 6.47. The fourth-order valence-corrected chi connectivity index (χ4v) is 3.28. The van der Waals surface area contributed by atoms with Crippen LogP contribution in [0.15, 0.2) is 18.2 Å². The van der Waals surface area contributed by atoms with E-state index in [1.165, 1.54) is 0 Å². The lowest BCUT2D eigenvalue weighted by molar-refractivity contribution is -0.134. The number of benzene rings is 1. The second-order valence-corrected chi connectivity index (χ2v) is 6.57. The predicted octanol–water partition coefficient (Wildman–Crippen LogP) is 1.69. The third-order valence-electron chi connectivity index (χ3n) is 5.38. The maximum absolute atomic E-state index is 12.8. The molecule has 7 nitrogen and oxygen atoms in total. The first-order valence-corrected chi connectivity index (χ1v) is 9.00. The van der Waals surface area contributed by atoms with Gasteiger partial charge in [0.1, 0.15) is 17.5 Å². The highest BCUT2D eigenvalue weighted by molar-refractivity contribution is 6.02. The molecule has 1 aliphatic heterocycles. The van der Waals surface area contributed by atoms with Crippen LogP contribution in [-0.4, -0.2) is 45.2 Å². The minimum Gasteiger partial charge on any atom is -0.497 e. The van der Waals surface area contributed by atoms with Crippen LogP contribution in [0.25, 0.3) is 0 Å². The predicted molar refractivity (Wildman–Crippen MR) is 101 cm³/mol. The molecule has 0 aromatic heterocycles. The van der Waals surface area contributed by atoms with Crippen molar-refractivity contribution in [3.63, 3.8) is 0 Å². The summed E-state index contributed by atoms with van der Waals surface area (Å²) in [6.45, 7) is 4.68. The van der Waals surface area contributed by atoms with Crippen LogP contribution in [0.3, 0.4) is 0 Å². The second-order valence-electron chi connectivity index (χ2n) is 6.57. The average Bonchev–Trinajstić information content (AvgIpc) is 3.03. The number of methoxy groups -OCH3 is 2. The Morgan fingerprint density at radius 3 is 2.27 bits per heavy atom. The van der Waals surface area contributed by atoms with Crippen molar-refractivity contribution in [2.45, 2.75) is 39.2 Å². The van der Waals surface area contributed by atoms with Crippen LogP contribution >= 0.6 is 0 Å². The maximum atomic E-state index is 12.8. The van der Waals surface area contributed by atoms with E-state index in [1.54, 1.807) is 37.3 Å². The van der Waals surface area contributed by atoms with Crippen LogP contribution in [0.5, 0.6) is 11.5 Å². The summed E-state index contributed by atoms with van der Waals surface area (Å²) in [5, 5.41) is 2.91. The van der Waals surface area contributed by atoms with E-state index in [0.717, 1.165) is 0 Å². The van der Waals surface area contributed by atoms with E-state index in [-0.39, 0.29) is 18.4 Å². The van der Waals surface area contributed by atoms with Crippen molar-refractivity contribution in [3.8, 4) is 11.5 Å². The zero-order valence-corrected chi connectivity index (χ0v) is 16.0. The van der Waals surface area contributed by atoms with Gasteiger partial charge in [-0.2, -0.15) is 0 Å². The second kappa shape index (κ2) is 8.40. The van der Waals surface area contributed by atoms with Crippen LogP contribution in [0, 0.1) is 5.41 Å². The highest BCUT2D eigenvalue weighted by Crippen LogP contribution is 2.31. The number of hydrogen-bond acceptors (Lipinski definition) is 5. The Labute approximate surface area is 154 Å². The molecule has 0 spiro atoms. The van der Waals surface area contributed by atoms with E-state index in [2.05, 4.69) is 5.32 Å². The molecule has 0 bridgehead atoms. The number of nitrogens with two attached hydrogens (primary N) is 1. The zero-order chi connectivity index (χ0) is 19.3. The van der Waals surface area contributed by atoms with Crippen LogP contribution in [0.4, 0.5) is 5.69 Å². The quantitative estimate of drug-likeness (QED) is 0.733. The summed E-state index contributed by atoms with van der Waals surface area (Å²) in [6, 6.07) is 4.78. The van der Waals surface area contributed by atoms with Gasteiger partial charge in [-0.15, -0.1) is 0 Å². The summed E-state index contributed by atoms with van der Waals surface area (Å²) < 4.78 is 10.5. The van der Waals surface area contributed by atoms with Gasteiger partial charge in [0, 0.05) is 31.3 Å². The molecule has 2 rings (SSSR count). The molecule has 0 aliphatic carbocycles. The van der Waals surface area contributed by atoms with Crippen molar-refractivity contribution < 1.29 is 19.1 Å². The molecule has 1 aromatic carbocycles. The Hall–Kier alpha value is -2.28. The number of carbonyl (C=O) groups excluding carboxylic acids is 2. The highest BCUT2D eigenvalue weighted by atomic mass is 16.5.